The molecule has 23 heavy (non-hydrogen) atoms. The molecule has 7 nitrogen and oxygen atoms in total. The number of rotatable bonds is 5. The van der Waals surface area contributed by atoms with Crippen LogP contribution in [0.1, 0.15) is 30.0 Å². The van der Waals surface area contributed by atoms with E-state index >= 15 is 0 Å². The van der Waals surface area contributed by atoms with Crippen LogP contribution in [0.4, 0.5) is 0 Å². The number of carbonyl (C=O) groups excluding carboxylic acids is 2. The van der Waals surface area contributed by atoms with Gasteiger partial charge in [-0.25, -0.2) is 0 Å². The molecule has 0 N–H and O–H groups in total. The average molecular weight is 318 g/mol. The van der Waals surface area contributed by atoms with Crippen molar-refractivity contribution >= 4 is 22.8 Å². The molecule has 1 aliphatic rings. The minimum atomic E-state index is -0.563. The van der Waals surface area contributed by atoms with Gasteiger partial charge in [-0.05, 0) is 31.2 Å². The van der Waals surface area contributed by atoms with Crippen molar-refractivity contribution in [3.63, 3.8) is 0 Å². The van der Waals surface area contributed by atoms with Crippen molar-refractivity contribution in [2.75, 3.05) is 20.8 Å². The summed E-state index contributed by atoms with van der Waals surface area (Å²) < 4.78 is 12.0. The monoisotopic (exact) mass is 318 g/mol. The number of amides is 1. The zero-order valence-corrected chi connectivity index (χ0v) is 13.2. The molecule has 0 aliphatic carbocycles. The molecule has 1 aliphatic heterocycles. The topological polar surface area (TPSA) is 70.0 Å². The zero-order chi connectivity index (χ0) is 16.6. The predicted molar refractivity (Wildman–Crippen MR) is 82.0 cm³/mol. The van der Waals surface area contributed by atoms with Gasteiger partial charge in [-0.2, -0.15) is 5.06 Å². The van der Waals surface area contributed by atoms with Gasteiger partial charge in [0.25, 0.3) is 5.91 Å². The van der Waals surface area contributed by atoms with E-state index in [0.717, 1.165) is 10.9 Å². The summed E-state index contributed by atoms with van der Waals surface area (Å²) in [5.74, 6) is 0.0484. The molecule has 0 bridgehead atoms. The molecule has 1 aromatic heterocycles. The molecular weight excluding hydrogens is 300 g/mol. The van der Waals surface area contributed by atoms with Crippen LogP contribution < -0.4 is 4.74 Å². The number of nitrogens with zero attached hydrogens (tertiary/aromatic N) is 2. The fourth-order valence-electron chi connectivity index (χ4n) is 2.93. The Morgan fingerprint density at radius 3 is 2.70 bits per heavy atom. The van der Waals surface area contributed by atoms with Crippen molar-refractivity contribution < 1.29 is 23.9 Å². The van der Waals surface area contributed by atoms with Gasteiger partial charge in [-0.1, -0.05) is 0 Å². The third kappa shape index (κ3) is 2.43. The maximum Gasteiger partial charge on any atom is 0.309 e. The first-order valence-corrected chi connectivity index (χ1v) is 7.33. The molecule has 0 saturated carbocycles. The molecule has 2 aromatic rings. The third-order valence-corrected chi connectivity index (χ3v) is 3.89. The van der Waals surface area contributed by atoms with Crippen LogP contribution in [0.3, 0.4) is 0 Å². The van der Waals surface area contributed by atoms with E-state index in [4.69, 9.17) is 14.3 Å². The highest BCUT2D eigenvalue weighted by Gasteiger charge is 2.40. The number of hydrogen-bond acceptors (Lipinski definition) is 5. The van der Waals surface area contributed by atoms with Gasteiger partial charge < -0.3 is 14.0 Å². The summed E-state index contributed by atoms with van der Waals surface area (Å²) in [7, 11) is 3.00. The molecule has 1 aromatic carbocycles. The van der Waals surface area contributed by atoms with Crippen molar-refractivity contribution in [3.8, 4) is 5.75 Å². The number of benzene rings is 1. The normalized spacial score (nSPS) is 16.7. The van der Waals surface area contributed by atoms with E-state index in [9.17, 15) is 9.59 Å². The summed E-state index contributed by atoms with van der Waals surface area (Å²) in [4.78, 5) is 29.6. The summed E-state index contributed by atoms with van der Waals surface area (Å²) in [5.41, 5.74) is 1.31. The smallest absolute Gasteiger partial charge is 0.309 e. The third-order valence-electron chi connectivity index (χ3n) is 3.89. The van der Waals surface area contributed by atoms with Gasteiger partial charge in [0.1, 0.15) is 17.6 Å². The molecule has 1 unspecified atom stereocenters. The van der Waals surface area contributed by atoms with Gasteiger partial charge >= 0.3 is 5.97 Å². The number of methoxy groups -OCH3 is 1. The number of hydroxylamine groups is 2. The largest absolute Gasteiger partial charge is 0.497 e. The average Bonchev–Trinajstić information content (AvgIpc) is 3.03. The maximum absolute atomic E-state index is 12.5. The molecule has 0 fully saturated rings. The molecule has 7 heteroatoms. The Labute approximate surface area is 133 Å². The first-order valence-electron chi connectivity index (χ1n) is 7.33. The molecule has 3 rings (SSSR count). The van der Waals surface area contributed by atoms with Gasteiger partial charge in [-0.15, -0.1) is 0 Å². The van der Waals surface area contributed by atoms with Crippen LogP contribution >= 0.6 is 0 Å². The highest BCUT2D eigenvalue weighted by Crippen LogP contribution is 2.36. The number of hydrogen-bond donors (Lipinski definition) is 0. The predicted octanol–water partition coefficient (Wildman–Crippen LogP) is 2.12. The maximum atomic E-state index is 12.5. The summed E-state index contributed by atoms with van der Waals surface area (Å²) >= 11 is 0. The second-order valence-corrected chi connectivity index (χ2v) is 5.13. The van der Waals surface area contributed by atoms with Gasteiger partial charge in [0.2, 0.25) is 0 Å². The standard InChI is InChI=1S/C16H18N2O5/c1-4-23-15(19)9-14-17-12-6-5-11(21-2)7-10(12)8-13(17)16(20)18(14)22-3/h5-8,14H,4,9H2,1-3H3. The van der Waals surface area contributed by atoms with Crippen molar-refractivity contribution in [2.45, 2.75) is 19.5 Å². The van der Waals surface area contributed by atoms with Gasteiger partial charge in [0.05, 0.1) is 32.8 Å². The molecule has 0 spiro atoms. The lowest BCUT2D eigenvalue weighted by Gasteiger charge is -2.23. The van der Waals surface area contributed by atoms with Crippen LogP contribution in [0.15, 0.2) is 24.3 Å². The Hall–Kier alpha value is -2.54. The van der Waals surface area contributed by atoms with Crippen LogP contribution in [-0.4, -0.2) is 42.3 Å². The lowest BCUT2D eigenvalue weighted by molar-refractivity contribution is -0.157. The zero-order valence-electron chi connectivity index (χ0n) is 13.2. The molecule has 1 amide bonds. The summed E-state index contributed by atoms with van der Waals surface area (Å²) in [6, 6.07) is 7.31. The Balaban J connectivity index is 2.07. The van der Waals surface area contributed by atoms with Crippen LogP contribution in [-0.2, 0) is 14.4 Å². The van der Waals surface area contributed by atoms with Gasteiger partial charge in [0, 0.05) is 5.39 Å². The van der Waals surface area contributed by atoms with Gasteiger partial charge in [-0.3, -0.25) is 14.4 Å². The van der Waals surface area contributed by atoms with E-state index in [1.807, 2.05) is 18.2 Å². The van der Waals surface area contributed by atoms with Gasteiger partial charge in [0.15, 0.2) is 0 Å². The Bertz CT molecular complexity index is 767. The van der Waals surface area contributed by atoms with E-state index in [0.29, 0.717) is 18.1 Å². The Morgan fingerprint density at radius 1 is 1.26 bits per heavy atom. The highest BCUT2D eigenvalue weighted by atomic mass is 16.7. The minimum absolute atomic E-state index is 0.0240. The summed E-state index contributed by atoms with van der Waals surface area (Å²) in [5, 5.41) is 2.08. The Morgan fingerprint density at radius 2 is 2.04 bits per heavy atom. The van der Waals surface area contributed by atoms with E-state index in [1.54, 1.807) is 24.7 Å². The molecule has 1 atom stereocenters. The van der Waals surface area contributed by atoms with E-state index in [1.165, 1.54) is 12.2 Å². The van der Waals surface area contributed by atoms with Crippen molar-refractivity contribution in [3.05, 3.63) is 30.0 Å². The number of ether oxygens (including phenoxy) is 2. The lowest BCUT2D eigenvalue weighted by Crippen LogP contribution is -2.30. The second-order valence-electron chi connectivity index (χ2n) is 5.13. The molecule has 0 radical (unpaired) electrons. The van der Waals surface area contributed by atoms with Crippen molar-refractivity contribution in [2.24, 2.45) is 0 Å². The van der Waals surface area contributed by atoms with Crippen molar-refractivity contribution in [1.29, 1.82) is 0 Å². The fraction of sp³-hybridized carbons (Fsp3) is 0.375. The van der Waals surface area contributed by atoms with Crippen molar-refractivity contribution in [1.82, 2.24) is 9.63 Å². The number of aromatic nitrogens is 1. The van der Waals surface area contributed by atoms with Crippen LogP contribution in [0.2, 0.25) is 0 Å². The number of fused-ring (bicyclic) bond motifs is 3. The van der Waals surface area contributed by atoms with E-state index in [-0.39, 0.29) is 18.3 Å². The SMILES string of the molecule is CCOC(=O)CC1N(OC)C(=O)c2cc3cc(OC)ccc3n21. The first-order chi connectivity index (χ1) is 11.1. The van der Waals surface area contributed by atoms with E-state index in [2.05, 4.69) is 0 Å². The molecular formula is C16H18N2O5. The lowest BCUT2D eigenvalue weighted by atomic mass is 10.2. The first kappa shape index (κ1) is 15.4. The van der Waals surface area contributed by atoms with Crippen LogP contribution in [0.5, 0.6) is 5.75 Å². The summed E-state index contributed by atoms with van der Waals surface area (Å²) in [6.45, 7) is 2.04. The van der Waals surface area contributed by atoms with Crippen LogP contribution in [0, 0.1) is 0 Å². The van der Waals surface area contributed by atoms with E-state index < -0.39 is 6.17 Å². The quantitative estimate of drug-likeness (QED) is 0.790. The second kappa shape index (κ2) is 5.92. The number of esters is 1. The highest BCUT2D eigenvalue weighted by molar-refractivity contribution is 6.01. The number of carbonyl (C=O) groups is 2. The summed E-state index contributed by atoms with van der Waals surface area (Å²) in [6.07, 6.45) is -0.539. The Kier molecular flexibility index (Phi) is 3.96. The minimum Gasteiger partial charge on any atom is -0.497 e. The molecule has 122 valence electrons. The molecule has 2 heterocycles. The molecule has 0 saturated heterocycles. The fourth-order valence-corrected chi connectivity index (χ4v) is 2.93. The van der Waals surface area contributed by atoms with Crippen LogP contribution in [0.25, 0.3) is 10.9 Å².